The largest absolute Gasteiger partial charge is 0.0719 e. The number of thioether (sulfide) groups is 2. The molecule has 2 heteroatoms. The molecule has 0 atom stereocenters. The average molecular weight is 499 g/mol. The van der Waals surface area contributed by atoms with E-state index in [1.807, 2.05) is 0 Å². The van der Waals surface area contributed by atoms with Crippen molar-refractivity contribution < 1.29 is 0 Å². The average Bonchev–Trinajstić information content (AvgIpc) is 2.88. The summed E-state index contributed by atoms with van der Waals surface area (Å²) in [5.74, 6) is 7.11. The number of hydrogen-bond acceptors (Lipinski definition) is 2. The molecule has 0 spiro atoms. The molecular weight excluding hydrogens is 473 g/mol. The summed E-state index contributed by atoms with van der Waals surface area (Å²) in [6, 6.07) is 26.6. The molecular formula is C34H26S2. The Morgan fingerprint density at radius 2 is 0.806 bits per heavy atom. The molecule has 0 unspecified atom stereocenters. The van der Waals surface area contributed by atoms with Crippen LogP contribution in [0.15, 0.2) is 72.8 Å². The third kappa shape index (κ3) is 3.77. The maximum atomic E-state index is 3.55. The normalized spacial score (nSPS) is 11.6. The van der Waals surface area contributed by atoms with Crippen molar-refractivity contribution >= 4 is 77.4 Å². The predicted molar refractivity (Wildman–Crippen MR) is 164 cm³/mol. The lowest BCUT2D eigenvalue weighted by atomic mass is 9.84. The van der Waals surface area contributed by atoms with Gasteiger partial charge in [-0.2, -0.15) is 0 Å². The SMILES string of the molecule is CC(C)SC#Cc1c2ccccc2c2ccc3c(C#CSC(C)C)c4ccccc4c4ccc1c2c34. The van der Waals surface area contributed by atoms with E-state index < -0.39 is 0 Å². The molecule has 0 radical (unpaired) electrons. The molecule has 0 heterocycles. The minimum absolute atomic E-state index is 0.472. The maximum absolute atomic E-state index is 3.55. The van der Waals surface area contributed by atoms with Gasteiger partial charge in [0.05, 0.1) is 0 Å². The van der Waals surface area contributed by atoms with E-state index in [2.05, 4.69) is 123 Å². The second-order valence-corrected chi connectivity index (χ2v) is 12.5. The minimum Gasteiger partial charge on any atom is -0.0719 e. The van der Waals surface area contributed by atoms with Crippen LogP contribution in [0.5, 0.6) is 0 Å². The monoisotopic (exact) mass is 498 g/mol. The summed E-state index contributed by atoms with van der Waals surface area (Å²) in [6.45, 7) is 8.75. The quantitative estimate of drug-likeness (QED) is 0.132. The third-order valence-electron chi connectivity index (χ3n) is 6.61. The van der Waals surface area contributed by atoms with E-state index in [9.17, 15) is 0 Å². The topological polar surface area (TPSA) is 0 Å². The van der Waals surface area contributed by atoms with Gasteiger partial charge in [-0.3, -0.25) is 0 Å². The van der Waals surface area contributed by atoms with Gasteiger partial charge in [-0.1, -0.05) is 136 Å². The second kappa shape index (κ2) is 9.29. The fourth-order valence-electron chi connectivity index (χ4n) is 5.19. The summed E-state index contributed by atoms with van der Waals surface area (Å²) in [7, 11) is 0. The van der Waals surface area contributed by atoms with Gasteiger partial charge in [0.1, 0.15) is 0 Å². The van der Waals surface area contributed by atoms with Gasteiger partial charge in [-0.15, -0.1) is 0 Å². The predicted octanol–water partition coefficient (Wildman–Crippen LogP) is 9.79. The lowest BCUT2D eigenvalue weighted by molar-refractivity contribution is 1.12. The number of fused-ring (bicyclic) bond motifs is 4. The van der Waals surface area contributed by atoms with Crippen LogP contribution in [0.3, 0.4) is 0 Å². The van der Waals surface area contributed by atoms with Crippen LogP contribution in [0, 0.1) is 22.3 Å². The van der Waals surface area contributed by atoms with Crippen molar-refractivity contribution in [2.75, 3.05) is 0 Å². The van der Waals surface area contributed by atoms with Gasteiger partial charge in [-0.05, 0) is 64.4 Å². The van der Waals surface area contributed by atoms with Gasteiger partial charge in [0.2, 0.25) is 0 Å². The maximum Gasteiger partial charge on any atom is 0.0411 e. The zero-order valence-electron chi connectivity index (χ0n) is 20.9. The Morgan fingerprint density at radius 3 is 1.19 bits per heavy atom. The molecule has 0 aliphatic carbocycles. The summed E-state index contributed by atoms with van der Waals surface area (Å²) in [6.07, 6.45) is 0. The van der Waals surface area contributed by atoms with E-state index >= 15 is 0 Å². The molecule has 0 saturated carbocycles. The number of hydrogen-bond donors (Lipinski definition) is 0. The van der Waals surface area contributed by atoms with Crippen molar-refractivity contribution in [1.29, 1.82) is 0 Å². The fourth-order valence-corrected chi connectivity index (χ4v) is 5.98. The smallest absolute Gasteiger partial charge is 0.0411 e. The molecule has 6 aromatic carbocycles. The van der Waals surface area contributed by atoms with Crippen molar-refractivity contribution in [2.45, 2.75) is 38.2 Å². The van der Waals surface area contributed by atoms with Crippen molar-refractivity contribution in [3.05, 3.63) is 83.9 Å². The Bertz CT molecular complexity index is 1760. The molecule has 0 N–H and O–H groups in total. The fraction of sp³-hybridized carbons (Fsp3) is 0.176. The molecule has 0 aliphatic heterocycles. The zero-order chi connectivity index (χ0) is 24.8. The van der Waals surface area contributed by atoms with Crippen LogP contribution < -0.4 is 0 Å². The van der Waals surface area contributed by atoms with Crippen molar-refractivity contribution in [1.82, 2.24) is 0 Å². The van der Waals surface area contributed by atoms with Gasteiger partial charge in [0, 0.05) is 21.6 Å². The van der Waals surface area contributed by atoms with Crippen LogP contribution in [0.1, 0.15) is 38.8 Å². The molecule has 0 bridgehead atoms. The molecule has 174 valence electrons. The van der Waals surface area contributed by atoms with E-state index in [4.69, 9.17) is 0 Å². The Kier molecular flexibility index (Phi) is 5.97. The highest BCUT2D eigenvalue weighted by Gasteiger charge is 2.18. The molecule has 0 saturated heterocycles. The zero-order valence-corrected chi connectivity index (χ0v) is 22.5. The van der Waals surface area contributed by atoms with Crippen molar-refractivity contribution in [3.8, 4) is 22.3 Å². The molecule has 0 aliphatic rings. The second-order valence-electron chi connectivity index (χ2n) is 9.70. The Hall–Kier alpha value is -3.30. The van der Waals surface area contributed by atoms with Crippen LogP contribution >= 0.6 is 23.5 Å². The van der Waals surface area contributed by atoms with Crippen LogP contribution in [0.25, 0.3) is 53.9 Å². The summed E-state index contributed by atoms with van der Waals surface area (Å²) in [5, 5.41) is 20.3. The van der Waals surface area contributed by atoms with Crippen LogP contribution in [0.2, 0.25) is 0 Å². The third-order valence-corrected chi connectivity index (χ3v) is 8.00. The van der Waals surface area contributed by atoms with Gasteiger partial charge >= 0.3 is 0 Å². The van der Waals surface area contributed by atoms with Gasteiger partial charge in [0.15, 0.2) is 0 Å². The Labute approximate surface area is 221 Å². The molecule has 0 fully saturated rings. The first-order chi connectivity index (χ1) is 17.5. The summed E-state index contributed by atoms with van der Waals surface area (Å²) >= 11 is 3.38. The first-order valence-electron chi connectivity index (χ1n) is 12.4. The molecule has 36 heavy (non-hydrogen) atoms. The molecule has 0 aromatic heterocycles. The molecule has 0 amide bonds. The number of rotatable bonds is 2. The lowest BCUT2D eigenvalue weighted by Crippen LogP contribution is -1.93. The summed E-state index contributed by atoms with van der Waals surface area (Å²) < 4.78 is 0. The van der Waals surface area contributed by atoms with E-state index in [-0.39, 0.29) is 0 Å². The highest BCUT2D eigenvalue weighted by molar-refractivity contribution is 8.04. The molecule has 6 aromatic rings. The van der Waals surface area contributed by atoms with Crippen molar-refractivity contribution in [3.63, 3.8) is 0 Å². The van der Waals surface area contributed by atoms with E-state index in [1.165, 1.54) is 53.9 Å². The standard InChI is InChI=1S/C34H26S2/c1-21(2)35-19-17-27-23-9-5-7-11-25(23)29-14-16-32-28(18-20-36-22(3)4)24-10-6-8-12-26(24)30-13-15-31(27)33(29)34(30)32/h5-16,21-22H,1-4H3. The minimum atomic E-state index is 0.472. The van der Waals surface area contributed by atoms with E-state index in [0.29, 0.717) is 10.5 Å². The van der Waals surface area contributed by atoms with E-state index in [0.717, 1.165) is 11.1 Å². The molecule has 6 rings (SSSR count). The van der Waals surface area contributed by atoms with Crippen molar-refractivity contribution in [2.24, 2.45) is 0 Å². The highest BCUT2D eigenvalue weighted by atomic mass is 32.2. The van der Waals surface area contributed by atoms with Crippen LogP contribution in [-0.2, 0) is 0 Å². The summed E-state index contributed by atoms with van der Waals surface area (Å²) in [5.41, 5.74) is 2.24. The first-order valence-corrected chi connectivity index (χ1v) is 14.2. The van der Waals surface area contributed by atoms with Gasteiger partial charge in [0.25, 0.3) is 0 Å². The Morgan fingerprint density at radius 1 is 0.444 bits per heavy atom. The van der Waals surface area contributed by atoms with Crippen LogP contribution in [-0.4, -0.2) is 10.5 Å². The van der Waals surface area contributed by atoms with Gasteiger partial charge < -0.3 is 0 Å². The highest BCUT2D eigenvalue weighted by Crippen LogP contribution is 2.44. The van der Waals surface area contributed by atoms with Crippen LogP contribution in [0.4, 0.5) is 0 Å². The number of benzene rings is 6. The van der Waals surface area contributed by atoms with Gasteiger partial charge in [-0.25, -0.2) is 0 Å². The lowest BCUT2D eigenvalue weighted by Gasteiger charge is -2.18. The van der Waals surface area contributed by atoms with E-state index in [1.54, 1.807) is 23.5 Å². The first kappa shape index (κ1) is 23.1. The molecule has 0 nitrogen and oxygen atoms in total. The Balaban J connectivity index is 1.81. The summed E-state index contributed by atoms with van der Waals surface area (Å²) in [4.78, 5) is 0.